The lowest BCUT2D eigenvalue weighted by Crippen LogP contribution is -2.55. The van der Waals surface area contributed by atoms with Crippen molar-refractivity contribution in [3.05, 3.63) is 71.2 Å². The largest absolute Gasteiger partial charge is 0.490 e. The van der Waals surface area contributed by atoms with Crippen LogP contribution in [0.4, 0.5) is 30.4 Å². The molecule has 306 valence electrons. The van der Waals surface area contributed by atoms with Crippen LogP contribution in [0.15, 0.2) is 48.8 Å². The van der Waals surface area contributed by atoms with Crippen molar-refractivity contribution < 1.29 is 41.8 Å². The lowest BCUT2D eigenvalue weighted by molar-refractivity contribution is -0.138. The van der Waals surface area contributed by atoms with Crippen LogP contribution in [0, 0.1) is 17.2 Å². The molecule has 0 atom stereocenters. The summed E-state index contributed by atoms with van der Waals surface area (Å²) in [7, 11) is 2.51. The summed E-state index contributed by atoms with van der Waals surface area (Å²) in [6.45, 7) is 6.99. The van der Waals surface area contributed by atoms with Crippen LogP contribution in [-0.4, -0.2) is 95.4 Å². The monoisotopic (exact) mass is 819 g/mol. The molecule has 7 rings (SSSR count). The molecule has 3 aromatic rings. The Bertz CT molecular complexity index is 2130. The third-order valence-electron chi connectivity index (χ3n) is 11.8. The highest BCUT2D eigenvalue weighted by Crippen LogP contribution is 2.48. The Labute approximate surface area is 339 Å². The van der Waals surface area contributed by atoms with Gasteiger partial charge in [-0.05, 0) is 100 Å². The van der Waals surface area contributed by atoms with Crippen molar-refractivity contribution in [2.24, 2.45) is 5.92 Å². The Morgan fingerprint density at radius 3 is 2.24 bits per heavy atom. The van der Waals surface area contributed by atoms with Gasteiger partial charge in [-0.3, -0.25) is 14.6 Å². The molecule has 4 aliphatic rings. The number of alkyl halides is 3. The number of nitriles is 1. The number of piperidine rings is 1. The van der Waals surface area contributed by atoms with Crippen LogP contribution >= 0.6 is 12.2 Å². The summed E-state index contributed by atoms with van der Waals surface area (Å²) in [4.78, 5) is 54.4. The van der Waals surface area contributed by atoms with E-state index < -0.39 is 40.8 Å². The molecule has 0 unspecified atom stereocenters. The fraction of sp³-hybridized carbons (Fsp3) is 0.488. The van der Waals surface area contributed by atoms with E-state index >= 15 is 0 Å². The molecule has 58 heavy (non-hydrogen) atoms. The molecular weight excluding hydrogens is 776 g/mol. The molecule has 1 amide bonds. The maximum atomic E-state index is 13.9. The zero-order valence-electron chi connectivity index (χ0n) is 32.6. The molecule has 1 aromatic carbocycles. The SMILES string of the molecule is COC(=O)c1ccc(OC2CC(N(CC3CCN(c4ccc(N5C(=S)N(c6cnc(C#N)c(C(F)(F)F)c6)C(=O)C56CCC6)cn4)CC3)C(C)C)C2)cc1C(=O)OC. The summed E-state index contributed by atoms with van der Waals surface area (Å²) >= 11 is 5.75. The van der Waals surface area contributed by atoms with Gasteiger partial charge in [0.15, 0.2) is 10.8 Å². The molecule has 2 aliphatic carbocycles. The first-order chi connectivity index (χ1) is 27.7. The van der Waals surface area contributed by atoms with Gasteiger partial charge in [-0.15, -0.1) is 0 Å². The summed E-state index contributed by atoms with van der Waals surface area (Å²) < 4.78 is 57.2. The van der Waals surface area contributed by atoms with Crippen molar-refractivity contribution in [3.63, 3.8) is 0 Å². The highest BCUT2D eigenvalue weighted by Gasteiger charge is 2.60. The second-order valence-corrected chi connectivity index (χ2v) is 15.9. The van der Waals surface area contributed by atoms with Crippen LogP contribution in [0.3, 0.4) is 0 Å². The predicted octanol–water partition coefficient (Wildman–Crippen LogP) is 6.54. The smallest absolute Gasteiger partial charge is 0.419 e. The lowest BCUT2D eigenvalue weighted by atomic mass is 9.75. The number of benzene rings is 1. The zero-order chi connectivity index (χ0) is 41.5. The van der Waals surface area contributed by atoms with Gasteiger partial charge in [0.25, 0.3) is 5.91 Å². The van der Waals surface area contributed by atoms with Crippen molar-refractivity contribution in [2.75, 3.05) is 48.6 Å². The number of methoxy groups -OCH3 is 2. The second-order valence-electron chi connectivity index (χ2n) is 15.5. The van der Waals surface area contributed by atoms with Gasteiger partial charge < -0.3 is 24.0 Å². The number of carbonyl (C=O) groups excluding carboxylic acids is 3. The third-order valence-corrected chi connectivity index (χ3v) is 12.2. The average Bonchev–Trinajstić information content (AvgIpc) is 3.43. The number of carbonyl (C=O) groups is 3. The summed E-state index contributed by atoms with van der Waals surface area (Å²) in [5, 5.41) is 9.25. The van der Waals surface area contributed by atoms with Crippen LogP contribution in [0.25, 0.3) is 0 Å². The van der Waals surface area contributed by atoms with Gasteiger partial charge in [-0.25, -0.2) is 19.6 Å². The van der Waals surface area contributed by atoms with Gasteiger partial charge in [0.1, 0.15) is 29.3 Å². The molecule has 0 N–H and O–H groups in total. The minimum absolute atomic E-state index is 0.0258. The molecule has 13 nitrogen and oxygen atoms in total. The van der Waals surface area contributed by atoms with Crippen molar-refractivity contribution in [1.29, 1.82) is 5.26 Å². The molecule has 0 bridgehead atoms. The number of nitrogens with zero attached hydrogens (tertiary/aromatic N) is 7. The molecule has 2 aliphatic heterocycles. The Kier molecular flexibility index (Phi) is 11.4. The topological polar surface area (TPSA) is 141 Å². The highest BCUT2D eigenvalue weighted by molar-refractivity contribution is 7.81. The second kappa shape index (κ2) is 16.1. The Morgan fingerprint density at radius 1 is 1.00 bits per heavy atom. The van der Waals surface area contributed by atoms with E-state index in [2.05, 4.69) is 28.6 Å². The number of halogens is 3. The minimum Gasteiger partial charge on any atom is -0.490 e. The van der Waals surface area contributed by atoms with Crippen LogP contribution in [0.2, 0.25) is 0 Å². The van der Waals surface area contributed by atoms with Crippen molar-refractivity contribution in [3.8, 4) is 11.8 Å². The Morgan fingerprint density at radius 2 is 1.67 bits per heavy atom. The Balaban J connectivity index is 0.954. The van der Waals surface area contributed by atoms with Crippen LogP contribution in [0.5, 0.6) is 5.75 Å². The quantitative estimate of drug-likeness (QED) is 0.153. The van der Waals surface area contributed by atoms with E-state index in [9.17, 15) is 32.8 Å². The van der Waals surface area contributed by atoms with E-state index in [1.807, 2.05) is 12.1 Å². The van der Waals surface area contributed by atoms with Crippen molar-refractivity contribution >= 4 is 52.4 Å². The average molecular weight is 820 g/mol. The molecule has 2 saturated heterocycles. The molecule has 2 aromatic heterocycles. The van der Waals surface area contributed by atoms with Gasteiger partial charge >= 0.3 is 18.1 Å². The molecule has 0 radical (unpaired) electrons. The lowest BCUT2D eigenvalue weighted by Gasteiger charge is -2.46. The number of ether oxygens (including phenoxy) is 3. The first-order valence-corrected chi connectivity index (χ1v) is 19.7. The summed E-state index contributed by atoms with van der Waals surface area (Å²) in [6.07, 6.45) is 3.24. The van der Waals surface area contributed by atoms with Crippen LogP contribution < -0.4 is 19.4 Å². The Hall–Kier alpha value is -5.34. The number of amides is 1. The summed E-state index contributed by atoms with van der Waals surface area (Å²) in [6, 6.07) is 11.4. The maximum absolute atomic E-state index is 13.9. The number of hydrogen-bond donors (Lipinski definition) is 0. The van der Waals surface area contributed by atoms with Crippen molar-refractivity contribution in [1.82, 2.24) is 14.9 Å². The maximum Gasteiger partial charge on any atom is 0.419 e. The highest BCUT2D eigenvalue weighted by atomic mass is 32.1. The van der Waals surface area contributed by atoms with E-state index in [0.717, 1.165) is 74.7 Å². The summed E-state index contributed by atoms with van der Waals surface area (Å²) in [5.41, 5.74) is -2.37. The number of thiocarbonyl (C=S) groups is 1. The van der Waals surface area contributed by atoms with Crippen molar-refractivity contribution in [2.45, 2.75) is 88.7 Å². The standard InChI is InChI=1S/C41H44F3N7O6S/c1-24(2)49(27-16-30(17-27)57-29-7-8-31(36(52)55-3)32(19-29)37(53)56-4)23-25-10-14-48(15-11-25)35-9-6-26(21-47-35)51-39(58)50(38(54)40(51)12-5-13-40)28-18-33(41(42,43)44)34(20-45)46-22-28/h6-9,18-19,21-22,24-25,27,30H,5,10-17,23H2,1-4H3. The van der Waals surface area contributed by atoms with E-state index in [-0.39, 0.29) is 28.0 Å². The van der Waals surface area contributed by atoms with Gasteiger partial charge in [0, 0.05) is 44.6 Å². The molecule has 4 fully saturated rings. The number of rotatable bonds is 11. The zero-order valence-corrected chi connectivity index (χ0v) is 33.4. The first kappa shape index (κ1) is 40.8. The normalized spacial score (nSPS) is 20.6. The van der Waals surface area contributed by atoms with Gasteiger partial charge in [0.05, 0.1) is 54.7 Å². The fourth-order valence-corrected chi connectivity index (χ4v) is 8.94. The number of anilines is 3. The summed E-state index contributed by atoms with van der Waals surface area (Å²) in [5.74, 6) is 0.0764. The van der Waals surface area contributed by atoms with E-state index in [4.69, 9.17) is 31.4 Å². The third kappa shape index (κ3) is 7.55. The van der Waals surface area contributed by atoms with Gasteiger partial charge in [-0.2, -0.15) is 18.4 Å². The molecule has 17 heteroatoms. The van der Waals surface area contributed by atoms with Gasteiger partial charge in [0.2, 0.25) is 0 Å². The minimum atomic E-state index is -4.84. The molecule has 1 spiro atoms. The van der Waals surface area contributed by atoms with Crippen LogP contribution in [-0.2, 0) is 20.4 Å². The van der Waals surface area contributed by atoms with E-state index in [1.54, 1.807) is 17.2 Å². The van der Waals surface area contributed by atoms with E-state index in [1.165, 1.54) is 32.4 Å². The molecule has 2 saturated carbocycles. The molecule has 4 heterocycles. The number of pyridine rings is 2. The van der Waals surface area contributed by atoms with Crippen LogP contribution in [0.1, 0.15) is 90.8 Å². The number of esters is 2. The fourth-order valence-electron chi connectivity index (χ4n) is 8.47. The predicted molar refractivity (Wildman–Crippen MR) is 211 cm³/mol. The first-order valence-electron chi connectivity index (χ1n) is 19.3. The molecular formula is C41H44F3N7O6S. The van der Waals surface area contributed by atoms with E-state index in [0.29, 0.717) is 42.3 Å². The number of aromatic nitrogens is 2. The van der Waals surface area contributed by atoms with Gasteiger partial charge in [-0.1, -0.05) is 0 Å². The number of hydrogen-bond acceptors (Lipinski definition) is 12.